The molecular weight excluding hydrogens is 164 g/mol. The molecule has 1 aliphatic carbocycles. The van der Waals surface area contributed by atoms with E-state index in [4.69, 9.17) is 5.73 Å². The second kappa shape index (κ2) is 3.44. The maximum absolute atomic E-state index is 9.82. The number of nitrogens with zero attached hydrogens (tertiary/aromatic N) is 1. The average molecular weight is 178 g/mol. The molecule has 2 atom stereocenters. The lowest BCUT2D eigenvalue weighted by Gasteiger charge is -2.15. The third-order valence-corrected chi connectivity index (χ3v) is 2.60. The van der Waals surface area contributed by atoms with Crippen LogP contribution in [0.2, 0.25) is 0 Å². The van der Waals surface area contributed by atoms with E-state index in [1.165, 1.54) is 0 Å². The molecule has 0 radical (unpaired) electrons. The second-order valence-corrected chi connectivity index (χ2v) is 3.55. The zero-order valence-corrected chi connectivity index (χ0v) is 7.48. The Morgan fingerprint density at radius 1 is 1.54 bits per heavy atom. The van der Waals surface area contributed by atoms with Crippen molar-refractivity contribution < 1.29 is 5.11 Å². The van der Waals surface area contributed by atoms with Gasteiger partial charge in [0.1, 0.15) is 6.10 Å². The summed E-state index contributed by atoms with van der Waals surface area (Å²) in [6.07, 6.45) is 4.02. The van der Waals surface area contributed by atoms with Gasteiger partial charge in [0.15, 0.2) is 0 Å². The molecule has 1 heterocycles. The lowest BCUT2D eigenvalue weighted by Crippen LogP contribution is -2.27. The minimum atomic E-state index is -0.585. The van der Waals surface area contributed by atoms with Crippen LogP contribution in [0.3, 0.4) is 0 Å². The van der Waals surface area contributed by atoms with Crippen molar-refractivity contribution in [3.8, 4) is 0 Å². The molecule has 0 fully saturated rings. The van der Waals surface area contributed by atoms with E-state index in [0.717, 1.165) is 30.5 Å². The van der Waals surface area contributed by atoms with Crippen LogP contribution in [0.15, 0.2) is 18.3 Å². The van der Waals surface area contributed by atoms with Crippen molar-refractivity contribution in [3.63, 3.8) is 0 Å². The predicted molar refractivity (Wildman–Crippen MR) is 50.1 cm³/mol. The molecule has 0 saturated heterocycles. The highest BCUT2D eigenvalue weighted by molar-refractivity contribution is 5.24. The number of aryl methyl sites for hydroxylation is 1. The Labute approximate surface area is 77.6 Å². The Morgan fingerprint density at radius 3 is 3.23 bits per heavy atom. The molecule has 0 bridgehead atoms. The number of hydrogen-bond donors (Lipinski definition) is 2. The fraction of sp³-hybridized carbons (Fsp3) is 0.500. The van der Waals surface area contributed by atoms with Gasteiger partial charge in [0.2, 0.25) is 0 Å². The number of pyridine rings is 1. The summed E-state index contributed by atoms with van der Waals surface area (Å²) < 4.78 is 0. The van der Waals surface area contributed by atoms with E-state index in [1.807, 2.05) is 12.1 Å². The summed E-state index contributed by atoms with van der Waals surface area (Å²) in [6.45, 7) is 0. The van der Waals surface area contributed by atoms with Crippen LogP contribution in [0.25, 0.3) is 0 Å². The van der Waals surface area contributed by atoms with Gasteiger partial charge in [0.05, 0.1) is 5.69 Å². The van der Waals surface area contributed by atoms with Gasteiger partial charge >= 0.3 is 0 Å². The zero-order chi connectivity index (χ0) is 9.26. The van der Waals surface area contributed by atoms with Gasteiger partial charge in [-0.2, -0.15) is 0 Å². The van der Waals surface area contributed by atoms with Crippen LogP contribution in [0, 0.1) is 0 Å². The van der Waals surface area contributed by atoms with E-state index in [2.05, 4.69) is 4.98 Å². The van der Waals surface area contributed by atoms with Crippen molar-refractivity contribution in [1.29, 1.82) is 0 Å². The molecule has 3 N–H and O–H groups in total. The van der Waals surface area contributed by atoms with Crippen LogP contribution >= 0.6 is 0 Å². The number of aromatic nitrogens is 1. The Morgan fingerprint density at radius 2 is 2.38 bits per heavy atom. The van der Waals surface area contributed by atoms with Crippen LogP contribution in [0.4, 0.5) is 0 Å². The zero-order valence-electron chi connectivity index (χ0n) is 7.48. The molecule has 3 heteroatoms. The maximum Gasteiger partial charge on any atom is 0.111 e. The van der Waals surface area contributed by atoms with E-state index in [1.54, 1.807) is 6.20 Å². The summed E-state index contributed by atoms with van der Waals surface area (Å²) in [4.78, 5) is 4.18. The molecule has 1 aliphatic rings. The van der Waals surface area contributed by atoms with Gasteiger partial charge in [-0.15, -0.1) is 0 Å². The van der Waals surface area contributed by atoms with Gasteiger partial charge in [-0.1, -0.05) is 6.07 Å². The average Bonchev–Trinajstić information content (AvgIpc) is 2.29. The molecule has 2 rings (SSSR count). The Hall–Kier alpha value is -0.930. The highest BCUT2D eigenvalue weighted by Crippen LogP contribution is 2.25. The molecule has 1 aromatic rings. The highest BCUT2D eigenvalue weighted by Gasteiger charge is 2.23. The quantitative estimate of drug-likeness (QED) is 0.577. The van der Waals surface area contributed by atoms with Crippen molar-refractivity contribution in [2.24, 2.45) is 5.73 Å². The van der Waals surface area contributed by atoms with Gasteiger partial charge in [-0.25, -0.2) is 0 Å². The lowest BCUT2D eigenvalue weighted by atomic mass is 10.1. The van der Waals surface area contributed by atoms with E-state index in [-0.39, 0.29) is 6.04 Å². The molecule has 1 aromatic heterocycles. The van der Waals surface area contributed by atoms with E-state index < -0.39 is 6.10 Å². The topological polar surface area (TPSA) is 59.1 Å². The van der Waals surface area contributed by atoms with Gasteiger partial charge < -0.3 is 10.8 Å². The molecule has 70 valence electrons. The number of hydrogen-bond acceptors (Lipinski definition) is 3. The summed E-state index contributed by atoms with van der Waals surface area (Å²) in [5, 5.41) is 9.82. The largest absolute Gasteiger partial charge is 0.385 e. The molecular formula is C10H14N2O. The normalized spacial score (nSPS) is 27.8. The van der Waals surface area contributed by atoms with Crippen molar-refractivity contribution >= 4 is 0 Å². The Balaban J connectivity index is 2.40. The molecule has 0 aliphatic heterocycles. The number of aliphatic hydroxyl groups excluding tert-OH is 1. The van der Waals surface area contributed by atoms with Crippen LogP contribution in [-0.2, 0) is 6.42 Å². The van der Waals surface area contributed by atoms with Gasteiger partial charge in [0, 0.05) is 12.2 Å². The SMILES string of the molecule is N[C@@H]1CCCc2cccnc2[C@@H]1O. The van der Waals surface area contributed by atoms with E-state index >= 15 is 0 Å². The summed E-state index contributed by atoms with van der Waals surface area (Å²) in [5.74, 6) is 0. The van der Waals surface area contributed by atoms with Gasteiger partial charge in [0.25, 0.3) is 0 Å². The minimum absolute atomic E-state index is 0.156. The molecule has 0 spiro atoms. The van der Waals surface area contributed by atoms with Gasteiger partial charge in [-0.05, 0) is 30.9 Å². The molecule has 0 saturated carbocycles. The minimum Gasteiger partial charge on any atom is -0.385 e. The predicted octanol–water partition coefficient (Wildman–Crippen LogP) is 0.779. The van der Waals surface area contributed by atoms with E-state index in [0.29, 0.717) is 0 Å². The van der Waals surface area contributed by atoms with Crippen molar-refractivity contribution in [2.45, 2.75) is 31.4 Å². The third-order valence-electron chi connectivity index (χ3n) is 2.60. The summed E-state index contributed by atoms with van der Waals surface area (Å²) >= 11 is 0. The Kier molecular flexibility index (Phi) is 2.29. The van der Waals surface area contributed by atoms with Crippen LogP contribution in [-0.4, -0.2) is 16.1 Å². The van der Waals surface area contributed by atoms with Gasteiger partial charge in [-0.3, -0.25) is 4.98 Å². The first-order chi connectivity index (χ1) is 6.29. The summed E-state index contributed by atoms with van der Waals surface area (Å²) in [7, 11) is 0. The smallest absolute Gasteiger partial charge is 0.111 e. The molecule has 13 heavy (non-hydrogen) atoms. The molecule has 3 nitrogen and oxygen atoms in total. The first-order valence-corrected chi connectivity index (χ1v) is 4.66. The van der Waals surface area contributed by atoms with Crippen molar-refractivity contribution in [3.05, 3.63) is 29.6 Å². The van der Waals surface area contributed by atoms with Crippen molar-refractivity contribution in [1.82, 2.24) is 4.98 Å². The van der Waals surface area contributed by atoms with Crippen LogP contribution in [0.1, 0.15) is 30.2 Å². The van der Waals surface area contributed by atoms with E-state index in [9.17, 15) is 5.11 Å². The lowest BCUT2D eigenvalue weighted by molar-refractivity contribution is 0.140. The molecule has 0 aromatic carbocycles. The first kappa shape index (κ1) is 8.66. The Bertz CT molecular complexity index is 301. The standard InChI is InChI=1S/C10H14N2O/c11-8-5-1-3-7-4-2-6-12-9(7)10(8)13/h2,4,6,8,10,13H,1,3,5,11H2/t8-,10-/m1/s1. The summed E-state index contributed by atoms with van der Waals surface area (Å²) in [5.41, 5.74) is 7.72. The fourth-order valence-corrected chi connectivity index (χ4v) is 1.82. The monoisotopic (exact) mass is 178 g/mol. The highest BCUT2D eigenvalue weighted by atomic mass is 16.3. The number of nitrogens with two attached hydrogens (primary N) is 1. The number of rotatable bonds is 0. The number of aliphatic hydroxyl groups is 1. The summed E-state index contributed by atoms with van der Waals surface area (Å²) in [6, 6.07) is 3.77. The first-order valence-electron chi connectivity index (χ1n) is 4.66. The van der Waals surface area contributed by atoms with Crippen molar-refractivity contribution in [2.75, 3.05) is 0 Å². The maximum atomic E-state index is 9.82. The third kappa shape index (κ3) is 1.57. The molecule has 0 amide bonds. The number of fused-ring (bicyclic) bond motifs is 1. The fourth-order valence-electron chi connectivity index (χ4n) is 1.82. The second-order valence-electron chi connectivity index (χ2n) is 3.55. The van der Waals surface area contributed by atoms with Crippen LogP contribution in [0.5, 0.6) is 0 Å². The van der Waals surface area contributed by atoms with Crippen LogP contribution < -0.4 is 5.73 Å². The molecule has 0 unspecified atom stereocenters.